The van der Waals surface area contributed by atoms with Gasteiger partial charge < -0.3 is 10.6 Å². The normalized spacial score (nSPS) is 21.9. The summed E-state index contributed by atoms with van der Waals surface area (Å²) >= 11 is 0. The molecular weight excluding hydrogens is 204 g/mol. The van der Waals surface area contributed by atoms with Crippen molar-refractivity contribution >= 4 is 5.91 Å². The fraction of sp³-hybridized carbons (Fsp3) is 0.636. The molecule has 1 saturated heterocycles. The third-order valence-electron chi connectivity index (χ3n) is 2.77. The smallest absolute Gasteiger partial charge is 0.222 e. The molecule has 1 amide bonds. The van der Waals surface area contributed by atoms with Crippen LogP contribution in [0.1, 0.15) is 38.0 Å². The highest BCUT2D eigenvalue weighted by Gasteiger charge is 2.22. The molecule has 0 radical (unpaired) electrons. The average Bonchev–Trinajstić information content (AvgIpc) is 2.62. The second-order valence-electron chi connectivity index (χ2n) is 4.36. The predicted molar refractivity (Wildman–Crippen MR) is 61.0 cm³/mol. The van der Waals surface area contributed by atoms with E-state index in [0.717, 1.165) is 12.2 Å². The first-order chi connectivity index (χ1) is 7.68. The first-order valence-electron chi connectivity index (χ1n) is 5.72. The van der Waals surface area contributed by atoms with Crippen LogP contribution in [0.15, 0.2) is 12.3 Å². The Labute approximate surface area is 95.2 Å². The molecule has 5 nitrogen and oxygen atoms in total. The van der Waals surface area contributed by atoms with E-state index in [1.165, 1.54) is 0 Å². The van der Waals surface area contributed by atoms with Gasteiger partial charge in [0.05, 0.1) is 11.7 Å². The van der Waals surface area contributed by atoms with Crippen LogP contribution in [0, 0.1) is 0 Å². The molecule has 0 saturated carbocycles. The van der Waals surface area contributed by atoms with E-state index in [2.05, 4.69) is 29.6 Å². The maximum Gasteiger partial charge on any atom is 0.222 e. The van der Waals surface area contributed by atoms with E-state index in [-0.39, 0.29) is 11.9 Å². The van der Waals surface area contributed by atoms with Crippen molar-refractivity contribution in [2.24, 2.45) is 0 Å². The Morgan fingerprint density at radius 2 is 2.31 bits per heavy atom. The van der Waals surface area contributed by atoms with E-state index in [1.807, 2.05) is 10.7 Å². The molecule has 2 heterocycles. The number of rotatable bonds is 2. The van der Waals surface area contributed by atoms with Crippen LogP contribution >= 0.6 is 0 Å². The zero-order chi connectivity index (χ0) is 11.5. The average molecular weight is 222 g/mol. The summed E-state index contributed by atoms with van der Waals surface area (Å²) in [6.07, 6.45) is 2.28. The number of hydrogen-bond acceptors (Lipinski definition) is 3. The molecule has 0 bridgehead atoms. The molecule has 0 spiro atoms. The Morgan fingerprint density at radius 3 is 3.06 bits per heavy atom. The van der Waals surface area contributed by atoms with Crippen LogP contribution in [0.2, 0.25) is 0 Å². The van der Waals surface area contributed by atoms with E-state index in [0.29, 0.717) is 19.0 Å². The lowest BCUT2D eigenvalue weighted by atomic mass is 10.1. The van der Waals surface area contributed by atoms with Crippen LogP contribution in [0.3, 0.4) is 0 Å². The number of carbonyl (C=O) groups excluding carboxylic acids is 1. The van der Waals surface area contributed by atoms with Gasteiger partial charge in [0.25, 0.3) is 0 Å². The summed E-state index contributed by atoms with van der Waals surface area (Å²) in [6, 6.07) is 2.38. The number of hydrogen-bond donors (Lipinski definition) is 2. The molecule has 1 atom stereocenters. The van der Waals surface area contributed by atoms with Gasteiger partial charge in [0.2, 0.25) is 5.91 Å². The Balaban J connectivity index is 2.21. The zero-order valence-corrected chi connectivity index (χ0v) is 9.73. The molecule has 0 aliphatic carbocycles. The lowest BCUT2D eigenvalue weighted by Gasteiger charge is -2.18. The van der Waals surface area contributed by atoms with E-state index < -0.39 is 0 Å². The van der Waals surface area contributed by atoms with Gasteiger partial charge in [-0.25, -0.2) is 0 Å². The van der Waals surface area contributed by atoms with Crippen molar-refractivity contribution in [3.05, 3.63) is 18.0 Å². The van der Waals surface area contributed by atoms with Crippen LogP contribution in [-0.2, 0) is 4.79 Å². The Morgan fingerprint density at radius 1 is 1.50 bits per heavy atom. The molecule has 1 aromatic rings. The zero-order valence-electron chi connectivity index (χ0n) is 9.73. The quantitative estimate of drug-likeness (QED) is 0.771. The van der Waals surface area contributed by atoms with Gasteiger partial charge in [-0.05, 0) is 19.9 Å². The van der Waals surface area contributed by atoms with E-state index in [9.17, 15) is 4.79 Å². The van der Waals surface area contributed by atoms with Crippen LogP contribution in [0.5, 0.6) is 0 Å². The molecule has 1 fully saturated rings. The van der Waals surface area contributed by atoms with Gasteiger partial charge in [0.15, 0.2) is 0 Å². The Kier molecular flexibility index (Phi) is 3.24. The SMILES string of the molecule is CC(C)n1nccc1C1CC(=O)NCCN1. The van der Waals surface area contributed by atoms with Crippen molar-refractivity contribution in [1.29, 1.82) is 0 Å². The molecular formula is C11H18N4O. The van der Waals surface area contributed by atoms with Gasteiger partial charge in [-0.1, -0.05) is 0 Å². The molecule has 88 valence electrons. The highest BCUT2D eigenvalue weighted by atomic mass is 16.1. The standard InChI is InChI=1S/C11H18N4O/c1-8(2)15-10(3-4-14-15)9-7-11(16)13-6-5-12-9/h3-4,8-9,12H,5-7H2,1-2H3,(H,13,16). The Hall–Kier alpha value is -1.36. The minimum Gasteiger partial charge on any atom is -0.355 e. The lowest BCUT2D eigenvalue weighted by Crippen LogP contribution is -2.26. The minimum atomic E-state index is 0.0763. The topological polar surface area (TPSA) is 59.0 Å². The predicted octanol–water partition coefficient (Wildman–Crippen LogP) is 0.615. The summed E-state index contributed by atoms with van der Waals surface area (Å²) < 4.78 is 1.97. The van der Waals surface area contributed by atoms with Crippen molar-refractivity contribution in [3.8, 4) is 0 Å². The van der Waals surface area contributed by atoms with Crippen molar-refractivity contribution in [2.45, 2.75) is 32.4 Å². The van der Waals surface area contributed by atoms with Crippen molar-refractivity contribution in [1.82, 2.24) is 20.4 Å². The van der Waals surface area contributed by atoms with Crippen LogP contribution in [-0.4, -0.2) is 28.8 Å². The highest BCUT2D eigenvalue weighted by molar-refractivity contribution is 5.77. The maximum absolute atomic E-state index is 11.5. The molecule has 1 aromatic heterocycles. The Bertz CT molecular complexity index is 372. The molecule has 2 N–H and O–H groups in total. The maximum atomic E-state index is 11.5. The number of nitrogens with one attached hydrogen (secondary N) is 2. The number of amides is 1. The largest absolute Gasteiger partial charge is 0.355 e. The first kappa shape index (κ1) is 11.1. The van der Waals surface area contributed by atoms with Gasteiger partial charge in [-0.3, -0.25) is 9.48 Å². The van der Waals surface area contributed by atoms with Gasteiger partial charge in [-0.2, -0.15) is 5.10 Å². The van der Waals surface area contributed by atoms with Gasteiger partial charge >= 0.3 is 0 Å². The lowest BCUT2D eigenvalue weighted by molar-refractivity contribution is -0.121. The van der Waals surface area contributed by atoms with E-state index in [4.69, 9.17) is 0 Å². The summed E-state index contributed by atoms with van der Waals surface area (Å²) in [5.41, 5.74) is 1.09. The summed E-state index contributed by atoms with van der Waals surface area (Å²) in [7, 11) is 0. The minimum absolute atomic E-state index is 0.0763. The van der Waals surface area contributed by atoms with Crippen molar-refractivity contribution in [3.63, 3.8) is 0 Å². The third-order valence-corrected chi connectivity index (χ3v) is 2.77. The van der Waals surface area contributed by atoms with Crippen molar-refractivity contribution in [2.75, 3.05) is 13.1 Å². The molecule has 16 heavy (non-hydrogen) atoms. The second kappa shape index (κ2) is 4.65. The fourth-order valence-electron chi connectivity index (χ4n) is 2.02. The summed E-state index contributed by atoms with van der Waals surface area (Å²) in [5, 5.41) is 10.5. The molecule has 5 heteroatoms. The fourth-order valence-corrected chi connectivity index (χ4v) is 2.02. The van der Waals surface area contributed by atoms with Crippen LogP contribution in [0.25, 0.3) is 0 Å². The van der Waals surface area contributed by atoms with E-state index >= 15 is 0 Å². The molecule has 0 aromatic carbocycles. The van der Waals surface area contributed by atoms with E-state index in [1.54, 1.807) is 6.20 Å². The van der Waals surface area contributed by atoms with Gasteiger partial charge in [0.1, 0.15) is 0 Å². The van der Waals surface area contributed by atoms with Crippen LogP contribution < -0.4 is 10.6 Å². The monoisotopic (exact) mass is 222 g/mol. The molecule has 2 rings (SSSR count). The molecule has 1 aliphatic heterocycles. The van der Waals surface area contributed by atoms with Crippen LogP contribution in [0.4, 0.5) is 0 Å². The van der Waals surface area contributed by atoms with Gasteiger partial charge in [0, 0.05) is 31.7 Å². The summed E-state index contributed by atoms with van der Waals surface area (Å²) in [4.78, 5) is 11.5. The summed E-state index contributed by atoms with van der Waals surface area (Å²) in [5.74, 6) is 0.103. The number of aromatic nitrogens is 2. The molecule has 1 unspecified atom stereocenters. The first-order valence-corrected chi connectivity index (χ1v) is 5.72. The highest BCUT2D eigenvalue weighted by Crippen LogP contribution is 2.20. The van der Waals surface area contributed by atoms with Gasteiger partial charge in [-0.15, -0.1) is 0 Å². The van der Waals surface area contributed by atoms with Crippen molar-refractivity contribution < 1.29 is 4.79 Å². The second-order valence-corrected chi connectivity index (χ2v) is 4.36. The molecule has 1 aliphatic rings. The summed E-state index contributed by atoms with van der Waals surface area (Å²) in [6.45, 7) is 5.69. The third kappa shape index (κ3) is 2.24. The number of nitrogens with zero attached hydrogens (tertiary/aromatic N) is 2. The number of carbonyl (C=O) groups is 1.